The minimum Gasteiger partial charge on any atom is -0.385 e. The Morgan fingerprint density at radius 1 is 1.50 bits per heavy atom. The monoisotopic (exact) mass is 270 g/mol. The number of methoxy groups -OCH3 is 1. The fraction of sp³-hybridized carbons (Fsp3) is 0.667. The Balaban J connectivity index is 2.29. The number of nitrogens with zero attached hydrogens (tertiary/aromatic N) is 2. The van der Waals surface area contributed by atoms with Gasteiger partial charge in [0, 0.05) is 45.6 Å². The molecule has 0 aliphatic rings. The van der Waals surface area contributed by atoms with E-state index in [1.54, 1.807) is 7.11 Å². The van der Waals surface area contributed by atoms with Crippen molar-refractivity contribution in [2.45, 2.75) is 26.3 Å². The Kier molecular flexibility index (Phi) is 6.67. The molecule has 1 aromatic heterocycles. The van der Waals surface area contributed by atoms with Crippen LogP contribution in [0, 0.1) is 0 Å². The molecule has 18 heavy (non-hydrogen) atoms. The third-order valence-corrected chi connectivity index (χ3v) is 2.87. The molecule has 0 saturated heterocycles. The van der Waals surface area contributed by atoms with Crippen LogP contribution < -0.4 is 10.6 Å². The molecule has 102 valence electrons. The molecule has 0 bridgehead atoms. The van der Waals surface area contributed by atoms with Crippen molar-refractivity contribution in [2.24, 2.45) is 7.05 Å². The van der Waals surface area contributed by atoms with Gasteiger partial charge >= 0.3 is 0 Å². The number of aromatic nitrogens is 2. The summed E-state index contributed by atoms with van der Waals surface area (Å²) in [7, 11) is 3.63. The van der Waals surface area contributed by atoms with E-state index < -0.39 is 0 Å². The van der Waals surface area contributed by atoms with Crippen molar-refractivity contribution in [3.8, 4) is 0 Å². The van der Waals surface area contributed by atoms with Crippen molar-refractivity contribution in [1.82, 2.24) is 20.4 Å². The molecule has 0 fully saturated rings. The molecule has 0 spiro atoms. The van der Waals surface area contributed by atoms with E-state index in [0.717, 1.165) is 31.7 Å². The summed E-state index contributed by atoms with van der Waals surface area (Å²) in [6, 6.07) is 0. The van der Waals surface area contributed by atoms with E-state index in [1.165, 1.54) is 5.56 Å². The van der Waals surface area contributed by atoms with Gasteiger partial charge in [0.05, 0.1) is 5.69 Å². The quantitative estimate of drug-likeness (QED) is 0.571. The van der Waals surface area contributed by atoms with Crippen LogP contribution in [0.15, 0.2) is 6.20 Å². The Bertz CT molecular complexity index is 378. The Hall–Kier alpha value is -1.14. The van der Waals surface area contributed by atoms with Crippen LogP contribution in [-0.2, 0) is 24.8 Å². The van der Waals surface area contributed by atoms with E-state index in [1.807, 2.05) is 17.9 Å². The number of thiocarbonyl (C=S) groups is 1. The first-order valence-corrected chi connectivity index (χ1v) is 6.60. The number of nitrogens with one attached hydrogen (secondary N) is 2. The van der Waals surface area contributed by atoms with Crippen LogP contribution in [0.25, 0.3) is 0 Å². The molecule has 5 nitrogen and oxygen atoms in total. The van der Waals surface area contributed by atoms with Gasteiger partial charge in [-0.1, -0.05) is 6.92 Å². The predicted molar refractivity (Wildman–Crippen MR) is 76.5 cm³/mol. The van der Waals surface area contributed by atoms with Gasteiger partial charge in [-0.25, -0.2) is 0 Å². The lowest BCUT2D eigenvalue weighted by Crippen LogP contribution is -2.35. The SMILES string of the molecule is CCc1nn(C)cc1CNC(=S)NCCCOC. The summed E-state index contributed by atoms with van der Waals surface area (Å²) in [6.07, 6.45) is 3.91. The van der Waals surface area contributed by atoms with Crippen LogP contribution in [-0.4, -0.2) is 35.2 Å². The highest BCUT2D eigenvalue weighted by Crippen LogP contribution is 2.06. The summed E-state index contributed by atoms with van der Waals surface area (Å²) in [5.74, 6) is 0. The van der Waals surface area contributed by atoms with E-state index in [4.69, 9.17) is 17.0 Å². The average molecular weight is 270 g/mol. The topological polar surface area (TPSA) is 51.1 Å². The number of aryl methyl sites for hydroxylation is 2. The smallest absolute Gasteiger partial charge is 0.166 e. The van der Waals surface area contributed by atoms with Crippen molar-refractivity contribution in [3.63, 3.8) is 0 Å². The highest BCUT2D eigenvalue weighted by Gasteiger charge is 2.05. The Morgan fingerprint density at radius 3 is 2.94 bits per heavy atom. The van der Waals surface area contributed by atoms with Crippen LogP contribution in [0.2, 0.25) is 0 Å². The summed E-state index contributed by atoms with van der Waals surface area (Å²) in [5, 5.41) is 11.4. The Morgan fingerprint density at radius 2 is 2.28 bits per heavy atom. The lowest BCUT2D eigenvalue weighted by Gasteiger charge is -2.09. The summed E-state index contributed by atoms with van der Waals surface area (Å²) >= 11 is 5.20. The third-order valence-electron chi connectivity index (χ3n) is 2.58. The first-order chi connectivity index (χ1) is 8.67. The zero-order valence-electron chi connectivity index (χ0n) is 11.3. The molecular weight excluding hydrogens is 248 g/mol. The second kappa shape index (κ2) is 8.05. The normalized spacial score (nSPS) is 10.4. The van der Waals surface area contributed by atoms with Gasteiger partial charge in [0.25, 0.3) is 0 Å². The number of hydrogen-bond acceptors (Lipinski definition) is 3. The molecule has 0 atom stereocenters. The number of rotatable bonds is 7. The minimum atomic E-state index is 0.678. The van der Waals surface area contributed by atoms with Crippen molar-refractivity contribution in [2.75, 3.05) is 20.3 Å². The molecule has 0 aromatic carbocycles. The molecule has 0 amide bonds. The van der Waals surface area contributed by atoms with Crippen LogP contribution in [0.5, 0.6) is 0 Å². The molecule has 0 saturated carbocycles. The van der Waals surface area contributed by atoms with Crippen molar-refractivity contribution < 1.29 is 4.74 Å². The second-order valence-electron chi connectivity index (χ2n) is 4.08. The molecule has 2 N–H and O–H groups in total. The zero-order chi connectivity index (χ0) is 13.4. The molecule has 1 heterocycles. The molecule has 1 rings (SSSR count). The van der Waals surface area contributed by atoms with E-state index in [2.05, 4.69) is 22.7 Å². The van der Waals surface area contributed by atoms with E-state index in [0.29, 0.717) is 11.7 Å². The molecular formula is C12H22N4OS. The lowest BCUT2D eigenvalue weighted by molar-refractivity contribution is 0.195. The first-order valence-electron chi connectivity index (χ1n) is 6.19. The maximum atomic E-state index is 5.20. The van der Waals surface area contributed by atoms with E-state index in [9.17, 15) is 0 Å². The predicted octanol–water partition coefficient (Wildman–Crippen LogP) is 0.983. The van der Waals surface area contributed by atoms with Gasteiger partial charge in [0.1, 0.15) is 0 Å². The van der Waals surface area contributed by atoms with Crippen molar-refractivity contribution >= 4 is 17.3 Å². The minimum absolute atomic E-state index is 0.678. The highest BCUT2D eigenvalue weighted by molar-refractivity contribution is 7.80. The van der Waals surface area contributed by atoms with Crippen LogP contribution >= 0.6 is 12.2 Å². The van der Waals surface area contributed by atoms with Gasteiger partial charge < -0.3 is 15.4 Å². The molecule has 0 radical (unpaired) electrons. The Labute approximate surface area is 114 Å². The fourth-order valence-electron chi connectivity index (χ4n) is 1.69. The summed E-state index contributed by atoms with van der Waals surface area (Å²) in [5.41, 5.74) is 2.31. The highest BCUT2D eigenvalue weighted by atomic mass is 32.1. The first kappa shape index (κ1) is 14.9. The van der Waals surface area contributed by atoms with Gasteiger partial charge in [-0.15, -0.1) is 0 Å². The lowest BCUT2D eigenvalue weighted by atomic mass is 10.2. The van der Waals surface area contributed by atoms with E-state index >= 15 is 0 Å². The van der Waals surface area contributed by atoms with E-state index in [-0.39, 0.29) is 0 Å². The number of ether oxygens (including phenoxy) is 1. The van der Waals surface area contributed by atoms with Crippen molar-refractivity contribution in [3.05, 3.63) is 17.5 Å². The van der Waals surface area contributed by atoms with Crippen LogP contribution in [0.4, 0.5) is 0 Å². The maximum Gasteiger partial charge on any atom is 0.166 e. The fourth-order valence-corrected chi connectivity index (χ4v) is 1.86. The summed E-state index contributed by atoms with van der Waals surface area (Å²) < 4.78 is 6.81. The standard InChI is InChI=1S/C12H22N4OS/c1-4-11-10(9-16(2)15-11)8-14-12(18)13-6-5-7-17-3/h9H,4-8H2,1-3H3,(H2,13,14,18). The zero-order valence-corrected chi connectivity index (χ0v) is 12.1. The third kappa shape index (κ3) is 5.01. The van der Waals surface area contributed by atoms with Crippen molar-refractivity contribution in [1.29, 1.82) is 0 Å². The molecule has 0 aliphatic heterocycles. The van der Waals surface area contributed by atoms with Gasteiger partial charge in [-0.05, 0) is 25.1 Å². The molecule has 0 aliphatic carbocycles. The maximum absolute atomic E-state index is 5.20. The van der Waals surface area contributed by atoms with Crippen LogP contribution in [0.1, 0.15) is 24.6 Å². The average Bonchev–Trinajstić information content (AvgIpc) is 2.72. The second-order valence-corrected chi connectivity index (χ2v) is 4.49. The van der Waals surface area contributed by atoms with Gasteiger partial charge in [-0.3, -0.25) is 4.68 Å². The van der Waals surface area contributed by atoms with Gasteiger partial charge in [0.2, 0.25) is 0 Å². The molecule has 6 heteroatoms. The summed E-state index contributed by atoms with van der Waals surface area (Å²) in [4.78, 5) is 0. The number of hydrogen-bond donors (Lipinski definition) is 2. The van der Waals surface area contributed by atoms with Gasteiger partial charge in [0.15, 0.2) is 5.11 Å². The van der Waals surface area contributed by atoms with Gasteiger partial charge in [-0.2, -0.15) is 5.10 Å². The molecule has 0 unspecified atom stereocenters. The largest absolute Gasteiger partial charge is 0.385 e. The molecule has 1 aromatic rings. The summed E-state index contributed by atoms with van der Waals surface area (Å²) in [6.45, 7) is 4.39. The van der Waals surface area contributed by atoms with Crippen LogP contribution in [0.3, 0.4) is 0 Å².